The third-order valence-corrected chi connectivity index (χ3v) is 4.95. The summed E-state index contributed by atoms with van der Waals surface area (Å²) in [6.07, 6.45) is 2.97. The zero-order valence-corrected chi connectivity index (χ0v) is 23.2. The number of methoxy groups -OCH3 is 3. The van der Waals surface area contributed by atoms with E-state index in [4.69, 9.17) is 15.3 Å². The van der Waals surface area contributed by atoms with Crippen molar-refractivity contribution >= 4 is 59.3 Å². The Labute approximate surface area is 231 Å². The molecule has 15 nitrogen and oxygen atoms in total. The number of carbonyl (C=O) groups excluding carboxylic acids is 3. The summed E-state index contributed by atoms with van der Waals surface area (Å²) in [5.41, 5.74) is 0. The molecule has 3 unspecified atom stereocenters. The summed E-state index contributed by atoms with van der Waals surface area (Å²) in [7, 11) is 4.03. The van der Waals surface area contributed by atoms with Crippen LogP contribution in [0.5, 0.6) is 0 Å². The van der Waals surface area contributed by atoms with Crippen LogP contribution in [0, 0.1) is 0 Å². The lowest BCUT2D eigenvalue weighted by Gasteiger charge is -2.12. The van der Waals surface area contributed by atoms with Gasteiger partial charge < -0.3 is 45.5 Å². The summed E-state index contributed by atoms with van der Waals surface area (Å²) in [5.74, 6) is -3.12. The van der Waals surface area contributed by atoms with Gasteiger partial charge in [-0.3, -0.25) is 9.59 Å². The molecule has 0 spiro atoms. The number of hydrogen-bond acceptors (Lipinski definition) is 11. The zero-order valence-electron chi connectivity index (χ0n) is 21.6. The van der Waals surface area contributed by atoms with Crippen LogP contribution in [0.1, 0.15) is 20.8 Å². The minimum absolute atomic E-state index is 0. The van der Waals surface area contributed by atoms with Crippen molar-refractivity contribution in [1.29, 1.82) is 0 Å². The smallest absolute Gasteiger partial charge is 0.407 e. The third-order valence-electron chi connectivity index (χ3n) is 3.62. The van der Waals surface area contributed by atoms with Crippen LogP contribution in [0.3, 0.4) is 0 Å². The molecule has 17 heteroatoms. The molecule has 0 saturated carbocycles. The van der Waals surface area contributed by atoms with Crippen LogP contribution in [-0.2, 0) is 38.2 Å². The lowest BCUT2D eigenvalue weighted by molar-refractivity contribution is -0.143. The Morgan fingerprint density at radius 2 is 1.18 bits per heavy atom. The Bertz CT molecular complexity index is 711. The number of carboxylic acids is 3. The molecule has 0 aromatic rings. The van der Waals surface area contributed by atoms with Gasteiger partial charge in [-0.15, -0.1) is 0 Å². The van der Waals surface area contributed by atoms with Gasteiger partial charge in [0.1, 0.15) is 12.1 Å². The van der Waals surface area contributed by atoms with Crippen molar-refractivity contribution in [2.75, 3.05) is 58.6 Å². The molecule has 0 bridgehead atoms. The van der Waals surface area contributed by atoms with Gasteiger partial charge in [0.25, 0.3) is 0 Å². The summed E-state index contributed by atoms with van der Waals surface area (Å²) in [4.78, 5) is 63.6. The van der Waals surface area contributed by atoms with Gasteiger partial charge >= 0.3 is 24.0 Å². The minimum Gasteiger partial charge on any atom is -0.480 e. The maximum absolute atomic E-state index is 11.1. The molecule has 0 aliphatic rings. The molecule has 0 saturated heterocycles. The van der Waals surface area contributed by atoms with Crippen molar-refractivity contribution in [3.05, 3.63) is 0 Å². The van der Waals surface area contributed by atoms with Crippen molar-refractivity contribution in [1.82, 2.24) is 16.0 Å². The molecular weight excluding hydrogens is 550 g/mol. The molecule has 0 aliphatic carbocycles. The zero-order chi connectivity index (χ0) is 29.4. The van der Waals surface area contributed by atoms with E-state index in [1.54, 1.807) is 12.5 Å². The Morgan fingerprint density at radius 1 is 0.737 bits per heavy atom. The number of nitrogens with one attached hydrogen (secondary N) is 3. The molecule has 0 fully saturated rings. The molecule has 0 radical (unpaired) electrons. The fraction of sp³-hybridized carbons (Fsp3) is 0.714. The highest BCUT2D eigenvalue weighted by Gasteiger charge is 2.20. The van der Waals surface area contributed by atoms with Crippen molar-refractivity contribution < 1.29 is 58.3 Å². The van der Waals surface area contributed by atoms with Gasteiger partial charge in [-0.2, -0.15) is 23.5 Å². The normalized spacial score (nSPS) is 11.7. The first-order valence-electron chi connectivity index (χ1n) is 10.4. The fourth-order valence-electron chi connectivity index (χ4n) is 1.93. The number of ether oxygens (including phenoxy) is 3. The second-order valence-corrected chi connectivity index (χ2v) is 8.51. The number of aliphatic carboxylic acids is 3. The summed E-state index contributed by atoms with van der Waals surface area (Å²) >= 11 is 2.72. The number of hydrogen-bond donors (Lipinski definition) is 6. The Kier molecular flexibility index (Phi) is 30.4. The predicted molar refractivity (Wildman–Crippen MR) is 144 cm³/mol. The number of carboxylic acid groups (broad SMARTS) is 3. The molecule has 0 aromatic carbocycles. The van der Waals surface area contributed by atoms with Gasteiger partial charge in [-0.1, -0.05) is 7.43 Å². The molecule has 6 N–H and O–H groups in total. The van der Waals surface area contributed by atoms with Crippen molar-refractivity contribution in [3.63, 3.8) is 0 Å². The SMILES string of the molecule is C.COC(=O)NC(CSC)C(=O)O.COCCC(=O)NC(COC)C(=O)O.CSCC(NC(C)=O)C(=O)O. The number of alkyl carbamates (subject to hydrolysis) is 1. The first-order valence-corrected chi connectivity index (χ1v) is 13.1. The highest BCUT2D eigenvalue weighted by Crippen LogP contribution is 1.98. The Balaban J connectivity index is -0.000000227. The van der Waals surface area contributed by atoms with Crippen LogP contribution in [0.4, 0.5) is 4.79 Å². The third kappa shape index (κ3) is 26.3. The lowest BCUT2D eigenvalue weighted by atomic mass is 10.3. The van der Waals surface area contributed by atoms with Crippen LogP contribution in [0.25, 0.3) is 0 Å². The van der Waals surface area contributed by atoms with Gasteiger partial charge in [0.15, 0.2) is 6.04 Å². The van der Waals surface area contributed by atoms with Crippen molar-refractivity contribution in [2.45, 2.75) is 38.9 Å². The minimum atomic E-state index is -1.11. The molecular formula is C21H41N3O12S2. The second-order valence-electron chi connectivity index (χ2n) is 6.69. The van der Waals surface area contributed by atoms with Crippen molar-refractivity contribution in [3.8, 4) is 0 Å². The average Bonchev–Trinajstić information content (AvgIpc) is 2.82. The molecule has 0 rings (SSSR count). The molecule has 0 heterocycles. The average molecular weight is 592 g/mol. The van der Waals surface area contributed by atoms with E-state index in [1.165, 1.54) is 51.8 Å². The maximum atomic E-state index is 11.1. The molecule has 3 atom stereocenters. The Hall–Kier alpha value is -2.76. The lowest BCUT2D eigenvalue weighted by Crippen LogP contribution is -2.44. The van der Waals surface area contributed by atoms with E-state index in [9.17, 15) is 28.8 Å². The largest absolute Gasteiger partial charge is 0.480 e. The molecule has 38 heavy (non-hydrogen) atoms. The summed E-state index contributed by atoms with van der Waals surface area (Å²) in [5, 5.41) is 32.6. The molecule has 3 amide bonds. The van der Waals surface area contributed by atoms with E-state index >= 15 is 0 Å². The Morgan fingerprint density at radius 3 is 1.50 bits per heavy atom. The first-order chi connectivity index (χ1) is 17.3. The van der Waals surface area contributed by atoms with Crippen LogP contribution in [0.15, 0.2) is 0 Å². The van der Waals surface area contributed by atoms with E-state index in [2.05, 4.69) is 30.2 Å². The van der Waals surface area contributed by atoms with Crippen LogP contribution >= 0.6 is 23.5 Å². The van der Waals surface area contributed by atoms with E-state index in [-0.39, 0.29) is 38.9 Å². The quantitative estimate of drug-likeness (QED) is 0.147. The van der Waals surface area contributed by atoms with Gasteiger partial charge in [0, 0.05) is 39.1 Å². The highest BCUT2D eigenvalue weighted by molar-refractivity contribution is 7.98. The number of amides is 3. The van der Waals surface area contributed by atoms with Crippen LogP contribution < -0.4 is 16.0 Å². The number of thioether (sulfide) groups is 2. The highest BCUT2D eigenvalue weighted by atomic mass is 32.2. The van der Waals surface area contributed by atoms with Gasteiger partial charge in [0.05, 0.1) is 20.3 Å². The maximum Gasteiger partial charge on any atom is 0.407 e. The number of rotatable bonds is 15. The number of carbonyl (C=O) groups is 6. The van der Waals surface area contributed by atoms with Gasteiger partial charge in [-0.25, -0.2) is 19.2 Å². The predicted octanol–water partition coefficient (Wildman–Crippen LogP) is -0.0279. The summed E-state index contributed by atoms with van der Waals surface area (Å²) in [6.45, 7) is 1.52. The molecule has 224 valence electrons. The summed E-state index contributed by atoms with van der Waals surface area (Å²) < 4.78 is 13.6. The van der Waals surface area contributed by atoms with E-state index in [0.29, 0.717) is 11.5 Å². The van der Waals surface area contributed by atoms with E-state index in [0.717, 1.165) is 0 Å². The van der Waals surface area contributed by atoms with Gasteiger partial charge in [-0.05, 0) is 12.5 Å². The van der Waals surface area contributed by atoms with Crippen LogP contribution in [0.2, 0.25) is 0 Å². The van der Waals surface area contributed by atoms with Gasteiger partial charge in [0.2, 0.25) is 11.8 Å². The standard InChI is InChI=1S/C8H15NO5.C6H11NO4S.C6H11NO3S.CH4/c1-13-4-3-7(10)9-6(5-14-2)8(11)12;1-11-6(10)7-4(3-12-2)5(8)9;1-4(8)7-5(3-11-2)6(9)10;/h6H,3-5H2,1-2H3,(H,9,10)(H,11,12);4H,3H2,1-2H3,(H,7,10)(H,8,9);5H,3H2,1-2H3,(H,7,8)(H,9,10);1H4. The van der Waals surface area contributed by atoms with Crippen molar-refractivity contribution in [2.24, 2.45) is 0 Å². The monoisotopic (exact) mass is 591 g/mol. The summed E-state index contributed by atoms with van der Waals surface area (Å²) in [6, 6.07) is -2.64. The fourth-order valence-corrected chi connectivity index (χ4v) is 3.05. The van der Waals surface area contributed by atoms with E-state index in [1.807, 2.05) is 0 Å². The molecule has 0 aromatic heterocycles. The first kappa shape index (κ1) is 42.3. The molecule has 0 aliphatic heterocycles. The van der Waals surface area contributed by atoms with E-state index < -0.39 is 42.1 Å². The topological polar surface area (TPSA) is 227 Å². The van der Waals surface area contributed by atoms with Crippen LogP contribution in [-0.4, -0.2) is 128 Å². The second kappa shape index (κ2) is 27.3.